The van der Waals surface area contributed by atoms with Gasteiger partial charge in [-0.05, 0) is 48.1 Å². The largest absolute Gasteiger partial charge is 0.362 e. The van der Waals surface area contributed by atoms with Crippen LogP contribution in [-0.4, -0.2) is 11.9 Å². The van der Waals surface area contributed by atoms with E-state index in [0.717, 1.165) is 29.7 Å². The third-order valence-corrected chi connectivity index (χ3v) is 7.52. The molecule has 2 aliphatic carbocycles. The van der Waals surface area contributed by atoms with Crippen LogP contribution in [0.4, 0.5) is 0 Å². The minimum atomic E-state index is -0.420. The number of carbonyl (C=O) groups is 1. The van der Waals surface area contributed by atoms with E-state index in [1.807, 2.05) is 6.20 Å². The number of nitrogens with one attached hydrogen (secondary N) is 1. The fourth-order valence-electron chi connectivity index (χ4n) is 6.21. The second-order valence-electron chi connectivity index (χ2n) is 10.0. The molecule has 0 spiro atoms. The Morgan fingerprint density at radius 3 is 2.72 bits per heavy atom. The van der Waals surface area contributed by atoms with Crippen LogP contribution in [-0.2, 0) is 10.2 Å². The van der Waals surface area contributed by atoms with Crippen molar-refractivity contribution >= 4 is 5.78 Å². The van der Waals surface area contributed by atoms with Gasteiger partial charge in [0.1, 0.15) is 0 Å². The highest BCUT2D eigenvalue weighted by molar-refractivity contribution is 6.01. The fraction of sp³-hybridized carbons (Fsp3) is 0.560. The molecule has 2 aliphatic heterocycles. The third-order valence-electron chi connectivity index (χ3n) is 7.52. The molecule has 1 fully saturated rings. The molecule has 1 N–H and O–H groups in total. The fourth-order valence-corrected chi connectivity index (χ4v) is 6.21. The standard InChI is InChI=1S/C25H31N3O/c1-4-25(18-11-7-10-17(12-18)16-8-5-6-9-16)19-15-26-28-23(19)27-20-13-24(2,3)14-21(29)22(20)25/h7,10-12,15-16,23,27H,4-6,8-9,13-14H2,1-3H3/t23?,25-/m1/s1. The van der Waals surface area contributed by atoms with Crippen molar-refractivity contribution in [3.05, 3.63) is 58.4 Å². The molecular formula is C25H31N3O. The molecule has 1 aromatic carbocycles. The molecule has 1 unspecified atom stereocenters. The number of nitrogens with zero attached hydrogens (tertiary/aromatic N) is 2. The summed E-state index contributed by atoms with van der Waals surface area (Å²) in [7, 11) is 0. The van der Waals surface area contributed by atoms with Gasteiger partial charge in [0.2, 0.25) is 0 Å². The summed E-state index contributed by atoms with van der Waals surface area (Å²) >= 11 is 0. The van der Waals surface area contributed by atoms with Gasteiger partial charge in [0, 0.05) is 23.3 Å². The number of azo groups is 1. The summed E-state index contributed by atoms with van der Waals surface area (Å²) in [6.45, 7) is 6.58. The lowest BCUT2D eigenvalue weighted by Gasteiger charge is -2.48. The van der Waals surface area contributed by atoms with Gasteiger partial charge in [0.15, 0.2) is 11.9 Å². The van der Waals surface area contributed by atoms with Crippen molar-refractivity contribution in [1.29, 1.82) is 0 Å². The van der Waals surface area contributed by atoms with Gasteiger partial charge in [-0.15, -0.1) is 0 Å². The van der Waals surface area contributed by atoms with Crippen LogP contribution in [0.2, 0.25) is 0 Å². The Bertz CT molecular complexity index is 949. The predicted molar refractivity (Wildman–Crippen MR) is 115 cm³/mol. The number of hydrogen-bond acceptors (Lipinski definition) is 4. The maximum absolute atomic E-state index is 13.5. The molecule has 4 heteroatoms. The number of hydrogen-bond donors (Lipinski definition) is 1. The molecule has 2 atom stereocenters. The van der Waals surface area contributed by atoms with Crippen molar-refractivity contribution in [1.82, 2.24) is 5.32 Å². The molecule has 5 rings (SSSR count). The van der Waals surface area contributed by atoms with Crippen molar-refractivity contribution in [2.24, 2.45) is 15.6 Å². The minimum absolute atomic E-state index is 0.0228. The molecule has 0 amide bonds. The summed E-state index contributed by atoms with van der Waals surface area (Å²) in [5.41, 5.74) is 5.42. The molecule has 1 saturated carbocycles. The maximum Gasteiger partial charge on any atom is 0.164 e. The number of benzene rings is 1. The lowest BCUT2D eigenvalue weighted by Crippen LogP contribution is -2.51. The first-order chi connectivity index (χ1) is 13.9. The average molecular weight is 390 g/mol. The lowest BCUT2D eigenvalue weighted by molar-refractivity contribution is -0.119. The summed E-state index contributed by atoms with van der Waals surface area (Å²) in [5.74, 6) is 0.936. The number of ketones is 1. The zero-order chi connectivity index (χ0) is 20.2. The molecule has 1 aromatic rings. The van der Waals surface area contributed by atoms with E-state index >= 15 is 0 Å². The Morgan fingerprint density at radius 1 is 1.17 bits per heavy atom. The summed E-state index contributed by atoms with van der Waals surface area (Å²) in [4.78, 5) is 13.5. The smallest absolute Gasteiger partial charge is 0.164 e. The predicted octanol–water partition coefficient (Wildman–Crippen LogP) is 5.91. The highest BCUT2D eigenvalue weighted by Crippen LogP contribution is 2.54. The van der Waals surface area contributed by atoms with Gasteiger partial charge in [-0.1, -0.05) is 57.9 Å². The second-order valence-corrected chi connectivity index (χ2v) is 10.0. The Hall–Kier alpha value is -2.23. The third kappa shape index (κ3) is 2.83. The quantitative estimate of drug-likeness (QED) is 0.698. The minimum Gasteiger partial charge on any atom is -0.362 e. The van der Waals surface area contributed by atoms with Gasteiger partial charge in [-0.2, -0.15) is 10.2 Å². The topological polar surface area (TPSA) is 53.8 Å². The maximum atomic E-state index is 13.5. The Balaban J connectivity index is 1.70. The highest BCUT2D eigenvalue weighted by atomic mass is 16.1. The highest BCUT2D eigenvalue weighted by Gasteiger charge is 2.53. The van der Waals surface area contributed by atoms with Crippen LogP contribution in [0.5, 0.6) is 0 Å². The van der Waals surface area contributed by atoms with E-state index in [9.17, 15) is 4.79 Å². The van der Waals surface area contributed by atoms with Crippen molar-refractivity contribution in [2.75, 3.05) is 0 Å². The van der Waals surface area contributed by atoms with Crippen molar-refractivity contribution in [2.45, 2.75) is 83.2 Å². The number of allylic oxidation sites excluding steroid dienone is 2. The molecule has 29 heavy (non-hydrogen) atoms. The van der Waals surface area contributed by atoms with E-state index in [0.29, 0.717) is 12.3 Å². The summed E-state index contributed by atoms with van der Waals surface area (Å²) in [6.07, 6.45) is 9.30. The monoisotopic (exact) mass is 389 g/mol. The molecule has 4 aliphatic rings. The van der Waals surface area contributed by atoms with Crippen LogP contribution in [0, 0.1) is 5.41 Å². The zero-order valence-electron chi connectivity index (χ0n) is 17.8. The Labute approximate surface area is 173 Å². The number of fused-ring (bicyclic) bond motifs is 1. The molecule has 152 valence electrons. The van der Waals surface area contributed by atoms with Crippen LogP contribution in [0.1, 0.15) is 82.8 Å². The molecule has 0 saturated heterocycles. The second kappa shape index (κ2) is 6.65. The van der Waals surface area contributed by atoms with Gasteiger partial charge in [-0.25, -0.2) is 0 Å². The van der Waals surface area contributed by atoms with Gasteiger partial charge < -0.3 is 5.32 Å². The van der Waals surface area contributed by atoms with Crippen LogP contribution in [0.3, 0.4) is 0 Å². The lowest BCUT2D eigenvalue weighted by atomic mass is 9.58. The molecule has 0 radical (unpaired) electrons. The van der Waals surface area contributed by atoms with Crippen molar-refractivity contribution < 1.29 is 4.79 Å². The van der Waals surface area contributed by atoms with Crippen molar-refractivity contribution in [3.63, 3.8) is 0 Å². The van der Waals surface area contributed by atoms with E-state index in [4.69, 9.17) is 0 Å². The van der Waals surface area contributed by atoms with Crippen LogP contribution < -0.4 is 5.32 Å². The van der Waals surface area contributed by atoms with E-state index in [1.54, 1.807) is 0 Å². The van der Waals surface area contributed by atoms with E-state index in [2.05, 4.69) is 60.6 Å². The van der Waals surface area contributed by atoms with Crippen molar-refractivity contribution in [3.8, 4) is 0 Å². The van der Waals surface area contributed by atoms with Gasteiger partial charge in [0.05, 0.1) is 11.6 Å². The molecular weight excluding hydrogens is 358 g/mol. The van der Waals surface area contributed by atoms with Gasteiger partial charge in [-0.3, -0.25) is 4.79 Å². The number of Topliss-reactive ketones (excluding diaryl/α,β-unsaturated/α-hetero) is 1. The first-order valence-corrected chi connectivity index (χ1v) is 11.2. The summed E-state index contributed by atoms with van der Waals surface area (Å²) in [5, 5.41) is 12.3. The van der Waals surface area contributed by atoms with Crippen LogP contribution >= 0.6 is 0 Å². The number of carbonyl (C=O) groups excluding carboxylic acids is 1. The summed E-state index contributed by atoms with van der Waals surface area (Å²) < 4.78 is 0. The first kappa shape index (κ1) is 18.8. The zero-order valence-corrected chi connectivity index (χ0v) is 17.8. The molecule has 0 aromatic heterocycles. The SMILES string of the molecule is CC[C@@]1(c2cccc(C3CCCC3)c2)C2=CN=NC2NC2=C1C(=O)CC(C)(C)C2. The Kier molecular flexibility index (Phi) is 4.30. The molecule has 0 bridgehead atoms. The van der Waals surface area contributed by atoms with E-state index in [1.165, 1.54) is 36.8 Å². The van der Waals surface area contributed by atoms with Gasteiger partial charge >= 0.3 is 0 Å². The number of rotatable bonds is 3. The van der Waals surface area contributed by atoms with Crippen LogP contribution in [0.25, 0.3) is 0 Å². The van der Waals surface area contributed by atoms with E-state index < -0.39 is 5.41 Å². The molecule has 2 heterocycles. The average Bonchev–Trinajstić information content (AvgIpc) is 3.37. The first-order valence-electron chi connectivity index (χ1n) is 11.2. The van der Waals surface area contributed by atoms with E-state index in [-0.39, 0.29) is 17.4 Å². The van der Waals surface area contributed by atoms with Gasteiger partial charge in [0.25, 0.3) is 0 Å². The van der Waals surface area contributed by atoms with Crippen LogP contribution in [0.15, 0.2) is 57.5 Å². The molecule has 4 nitrogen and oxygen atoms in total. The normalized spacial score (nSPS) is 30.8. The summed E-state index contributed by atoms with van der Waals surface area (Å²) in [6, 6.07) is 9.08. The Morgan fingerprint density at radius 2 is 1.97 bits per heavy atom.